The number of imidazole rings is 1. The number of carbonyl (C=O) groups excluding carboxylic acids is 1. The second kappa shape index (κ2) is 9.99. The van der Waals surface area contributed by atoms with Crippen molar-refractivity contribution in [3.8, 4) is 12.1 Å². The van der Waals surface area contributed by atoms with Gasteiger partial charge in [0.25, 0.3) is 0 Å². The van der Waals surface area contributed by atoms with E-state index in [1.165, 1.54) is 17.8 Å². The summed E-state index contributed by atoms with van der Waals surface area (Å²) >= 11 is 6.86. The van der Waals surface area contributed by atoms with E-state index in [2.05, 4.69) is 55.0 Å². The number of fused-ring (bicyclic) bond motifs is 1. The molecule has 13 heteroatoms. The summed E-state index contributed by atoms with van der Waals surface area (Å²) in [7, 11) is 1.34. The molecule has 2 aliphatic rings. The Balaban J connectivity index is 1.49. The summed E-state index contributed by atoms with van der Waals surface area (Å²) in [6, 6.07) is 7.81. The molecule has 1 aliphatic carbocycles. The van der Waals surface area contributed by atoms with Gasteiger partial charge in [0.05, 0.1) is 47.4 Å². The number of alkyl carbamates (subject to hydrolysis) is 1. The highest BCUT2D eigenvalue weighted by molar-refractivity contribution is 6.36. The quantitative estimate of drug-likeness (QED) is 0.421. The molecule has 2 unspecified atom stereocenters. The number of methoxy groups -OCH3 is 1. The van der Waals surface area contributed by atoms with Crippen LogP contribution in [0.4, 0.5) is 27.9 Å². The van der Waals surface area contributed by atoms with Crippen molar-refractivity contribution in [2.75, 3.05) is 35.7 Å². The minimum atomic E-state index is -0.482. The zero-order valence-electron chi connectivity index (χ0n) is 20.3. The molecule has 0 bridgehead atoms. The molecule has 2 fully saturated rings. The molecule has 12 nitrogen and oxygen atoms in total. The Labute approximate surface area is 218 Å². The molecule has 190 valence electrons. The summed E-state index contributed by atoms with van der Waals surface area (Å²) in [5.41, 5.74) is 2.23. The van der Waals surface area contributed by atoms with Crippen LogP contribution in [0.5, 0.6) is 0 Å². The lowest BCUT2D eigenvalue weighted by Crippen LogP contribution is -2.40. The van der Waals surface area contributed by atoms with Gasteiger partial charge in [-0.1, -0.05) is 18.5 Å². The second-order valence-electron chi connectivity index (χ2n) is 9.10. The number of nitrogens with one attached hydrogen (secondary N) is 3. The first-order valence-electron chi connectivity index (χ1n) is 12.0. The van der Waals surface area contributed by atoms with Gasteiger partial charge in [-0.2, -0.15) is 20.0 Å². The van der Waals surface area contributed by atoms with Gasteiger partial charge in [0, 0.05) is 19.1 Å². The zero-order valence-corrected chi connectivity index (χ0v) is 21.1. The van der Waals surface area contributed by atoms with E-state index in [0.717, 1.165) is 19.3 Å². The molecular weight excluding hydrogens is 496 g/mol. The predicted molar refractivity (Wildman–Crippen MR) is 137 cm³/mol. The molecule has 3 N–H and O–H groups in total. The van der Waals surface area contributed by atoms with Gasteiger partial charge in [-0.25, -0.2) is 9.78 Å². The first-order chi connectivity index (χ1) is 17.9. The van der Waals surface area contributed by atoms with E-state index < -0.39 is 6.09 Å². The number of anilines is 4. The summed E-state index contributed by atoms with van der Waals surface area (Å²) in [5.74, 6) is 0.896. The Bertz CT molecular complexity index is 1440. The van der Waals surface area contributed by atoms with Gasteiger partial charge < -0.3 is 25.6 Å². The Kier molecular flexibility index (Phi) is 6.59. The highest BCUT2D eigenvalue weighted by Gasteiger charge is 2.34. The Morgan fingerprint density at radius 3 is 2.76 bits per heavy atom. The van der Waals surface area contributed by atoms with Crippen molar-refractivity contribution >= 4 is 46.5 Å². The smallest absolute Gasteiger partial charge is 0.407 e. The molecule has 0 radical (unpaired) electrons. The topological polar surface area (TPSA) is 156 Å². The van der Waals surface area contributed by atoms with Crippen LogP contribution in [0.25, 0.3) is 5.65 Å². The molecule has 3 aromatic rings. The minimum Gasteiger partial charge on any atom is -0.453 e. The number of halogens is 1. The minimum absolute atomic E-state index is 0.122. The number of nitriles is 2. The van der Waals surface area contributed by atoms with Gasteiger partial charge in [0.15, 0.2) is 17.2 Å². The number of benzene rings is 1. The molecule has 1 aliphatic heterocycles. The number of hydrogen-bond acceptors (Lipinski definition) is 10. The van der Waals surface area contributed by atoms with Crippen molar-refractivity contribution in [1.29, 1.82) is 10.5 Å². The standard InChI is InChI=1S/C24H25ClN10O2/c1-3-14-11-34(12-18(14)31-24(36)37-2)19-7-13(8-26)6-17(20(19)25)30-23-32-21(29-15-4-5-15)22-28-10-16(9-27)35(22)33-23/h6-7,10,14-15,18H,3-5,11-12H2,1-2H3,(H,31,36)(H2,29,30,32,33). The lowest BCUT2D eigenvalue weighted by molar-refractivity contribution is 0.164. The monoisotopic (exact) mass is 520 g/mol. The van der Waals surface area contributed by atoms with Crippen LogP contribution < -0.4 is 20.9 Å². The number of nitrogens with zero attached hydrogens (tertiary/aromatic N) is 7. The SMILES string of the molecule is CCC1CN(c2cc(C#N)cc(Nc3nc(NC4CC4)c4ncc(C#N)n4n3)c2Cl)CC1NC(=O)OC. The normalized spacial score (nSPS) is 18.8. The fourth-order valence-corrected chi connectivity index (χ4v) is 4.78. The Morgan fingerprint density at radius 1 is 1.27 bits per heavy atom. The molecule has 37 heavy (non-hydrogen) atoms. The molecule has 2 aromatic heterocycles. The first kappa shape index (κ1) is 24.4. The fraction of sp³-hybridized carbons (Fsp3) is 0.417. The van der Waals surface area contributed by atoms with E-state index in [1.807, 2.05) is 0 Å². The Morgan fingerprint density at radius 2 is 2.08 bits per heavy atom. The van der Waals surface area contributed by atoms with Crippen LogP contribution in [0.3, 0.4) is 0 Å². The number of amides is 1. The van der Waals surface area contributed by atoms with Gasteiger partial charge in [-0.3, -0.25) is 0 Å². The van der Waals surface area contributed by atoms with Crippen molar-refractivity contribution in [2.45, 2.75) is 38.3 Å². The van der Waals surface area contributed by atoms with E-state index >= 15 is 0 Å². The fourth-order valence-electron chi connectivity index (χ4n) is 4.50. The maximum Gasteiger partial charge on any atom is 0.407 e. The van der Waals surface area contributed by atoms with Crippen LogP contribution in [0, 0.1) is 28.6 Å². The van der Waals surface area contributed by atoms with Crippen LogP contribution >= 0.6 is 11.6 Å². The van der Waals surface area contributed by atoms with Gasteiger partial charge >= 0.3 is 6.09 Å². The number of hydrogen-bond donors (Lipinski definition) is 3. The summed E-state index contributed by atoms with van der Waals surface area (Å²) in [4.78, 5) is 22.8. The predicted octanol–water partition coefficient (Wildman–Crippen LogP) is 3.41. The van der Waals surface area contributed by atoms with Crippen molar-refractivity contribution in [2.24, 2.45) is 5.92 Å². The van der Waals surface area contributed by atoms with Crippen molar-refractivity contribution in [3.63, 3.8) is 0 Å². The number of ether oxygens (including phenoxy) is 1. The molecule has 3 heterocycles. The van der Waals surface area contributed by atoms with E-state index in [4.69, 9.17) is 16.3 Å². The third kappa shape index (κ3) is 4.88. The lowest BCUT2D eigenvalue weighted by Gasteiger charge is -2.22. The van der Waals surface area contributed by atoms with Gasteiger partial charge in [0.2, 0.25) is 5.95 Å². The van der Waals surface area contributed by atoms with Gasteiger partial charge in [0.1, 0.15) is 6.07 Å². The molecule has 1 aromatic carbocycles. The lowest BCUT2D eigenvalue weighted by atomic mass is 10.0. The summed E-state index contributed by atoms with van der Waals surface area (Å²) in [6.07, 6.45) is 3.88. The van der Waals surface area contributed by atoms with E-state index in [1.54, 1.807) is 12.1 Å². The van der Waals surface area contributed by atoms with Crippen LogP contribution in [0.2, 0.25) is 5.02 Å². The summed E-state index contributed by atoms with van der Waals surface area (Å²) in [6.45, 7) is 3.23. The average molecular weight is 521 g/mol. The van der Waals surface area contributed by atoms with Crippen molar-refractivity contribution in [3.05, 3.63) is 34.6 Å². The maximum absolute atomic E-state index is 11.8. The second-order valence-corrected chi connectivity index (χ2v) is 9.48. The molecule has 5 rings (SSSR count). The molecular formula is C24H25ClN10O2. The third-order valence-electron chi connectivity index (χ3n) is 6.62. The van der Waals surface area contributed by atoms with E-state index in [-0.39, 0.29) is 23.6 Å². The first-order valence-corrected chi connectivity index (χ1v) is 12.3. The molecule has 2 atom stereocenters. The molecule has 1 saturated heterocycles. The summed E-state index contributed by atoms with van der Waals surface area (Å²) < 4.78 is 6.21. The summed E-state index contributed by atoms with van der Waals surface area (Å²) in [5, 5.41) is 33.4. The average Bonchev–Trinajstić information content (AvgIpc) is 3.47. The van der Waals surface area contributed by atoms with Gasteiger partial charge in [-0.05, 0) is 37.3 Å². The Hall–Kier alpha value is -4.29. The maximum atomic E-state index is 11.8. The van der Waals surface area contributed by atoms with Crippen molar-refractivity contribution < 1.29 is 9.53 Å². The number of rotatable bonds is 7. The molecule has 1 amide bonds. The van der Waals surface area contributed by atoms with Crippen LogP contribution in [-0.2, 0) is 4.74 Å². The van der Waals surface area contributed by atoms with Crippen molar-refractivity contribution in [1.82, 2.24) is 24.9 Å². The van der Waals surface area contributed by atoms with Crippen LogP contribution in [-0.4, -0.2) is 58.0 Å². The van der Waals surface area contributed by atoms with E-state index in [9.17, 15) is 15.3 Å². The largest absolute Gasteiger partial charge is 0.453 e. The third-order valence-corrected chi connectivity index (χ3v) is 7.02. The highest BCUT2D eigenvalue weighted by atomic mass is 35.5. The van der Waals surface area contributed by atoms with Crippen LogP contribution in [0.15, 0.2) is 18.3 Å². The molecule has 1 saturated carbocycles. The van der Waals surface area contributed by atoms with E-state index in [0.29, 0.717) is 52.6 Å². The highest BCUT2D eigenvalue weighted by Crippen LogP contribution is 2.38. The number of aromatic nitrogens is 4. The zero-order chi connectivity index (χ0) is 26.1. The molecule has 0 spiro atoms. The van der Waals surface area contributed by atoms with Gasteiger partial charge in [-0.15, -0.1) is 5.10 Å². The number of carbonyl (C=O) groups is 1. The van der Waals surface area contributed by atoms with Crippen LogP contribution in [0.1, 0.15) is 37.4 Å².